The number of halogens is 1. The van der Waals surface area contributed by atoms with Gasteiger partial charge in [0, 0.05) is 31.2 Å². The van der Waals surface area contributed by atoms with E-state index in [-0.39, 0.29) is 6.04 Å². The number of hydrogen-bond acceptors (Lipinski definition) is 3. The van der Waals surface area contributed by atoms with Gasteiger partial charge in [0.2, 0.25) is 0 Å². The van der Waals surface area contributed by atoms with Gasteiger partial charge < -0.3 is 10.1 Å². The average Bonchev–Trinajstić information content (AvgIpc) is 2.63. The zero-order valence-corrected chi connectivity index (χ0v) is 14.6. The molecule has 0 aromatic heterocycles. The Morgan fingerprint density at radius 1 is 1.21 bits per heavy atom. The summed E-state index contributed by atoms with van der Waals surface area (Å²) in [5.74, 6) is 0. The molecule has 0 radical (unpaired) electrons. The minimum Gasteiger partial charge on any atom is -0.378 e. The molecule has 24 heavy (non-hydrogen) atoms. The van der Waals surface area contributed by atoms with E-state index in [2.05, 4.69) is 52.7 Å². The van der Waals surface area contributed by atoms with Crippen LogP contribution >= 0.6 is 11.6 Å². The van der Waals surface area contributed by atoms with Crippen molar-refractivity contribution in [3.05, 3.63) is 69.7 Å². The van der Waals surface area contributed by atoms with Crippen LogP contribution in [-0.2, 0) is 24.2 Å². The summed E-state index contributed by atoms with van der Waals surface area (Å²) < 4.78 is 5.67. The molecule has 0 amide bonds. The van der Waals surface area contributed by atoms with Gasteiger partial charge in [-0.1, -0.05) is 41.9 Å². The summed E-state index contributed by atoms with van der Waals surface area (Å²) >= 11 is 6.38. The normalized spacial score (nSPS) is 21.5. The third-order valence-corrected chi connectivity index (χ3v) is 5.18. The Morgan fingerprint density at radius 3 is 2.88 bits per heavy atom. The zero-order chi connectivity index (χ0) is 16.4. The Bertz CT molecular complexity index is 698. The van der Waals surface area contributed by atoms with Crippen LogP contribution in [0.1, 0.15) is 28.3 Å². The minimum absolute atomic E-state index is 0.253. The Balaban J connectivity index is 1.59. The van der Waals surface area contributed by atoms with E-state index in [0.29, 0.717) is 0 Å². The summed E-state index contributed by atoms with van der Waals surface area (Å²) in [5, 5.41) is 4.42. The van der Waals surface area contributed by atoms with E-state index in [0.717, 1.165) is 50.8 Å². The summed E-state index contributed by atoms with van der Waals surface area (Å²) in [6.45, 7) is 5.48. The van der Waals surface area contributed by atoms with Crippen molar-refractivity contribution < 1.29 is 4.74 Å². The second-order valence-electron chi connectivity index (χ2n) is 6.66. The molecule has 2 aromatic rings. The van der Waals surface area contributed by atoms with Crippen molar-refractivity contribution in [2.24, 2.45) is 0 Å². The van der Waals surface area contributed by atoms with Gasteiger partial charge in [-0.2, -0.15) is 0 Å². The Kier molecular flexibility index (Phi) is 4.86. The highest BCUT2D eigenvalue weighted by molar-refractivity contribution is 6.30. The lowest BCUT2D eigenvalue weighted by Crippen LogP contribution is -2.37. The number of nitrogens with zero attached hydrogens (tertiary/aromatic N) is 1. The molecule has 2 aromatic carbocycles. The molecule has 2 aliphatic heterocycles. The Labute approximate surface area is 148 Å². The highest BCUT2D eigenvalue weighted by Gasteiger charge is 2.25. The maximum Gasteiger partial charge on any atom is 0.0662 e. The second-order valence-corrected chi connectivity index (χ2v) is 7.10. The fourth-order valence-electron chi connectivity index (χ4n) is 3.77. The number of rotatable bonds is 3. The first kappa shape index (κ1) is 16.1. The molecule has 0 aliphatic carbocycles. The van der Waals surface area contributed by atoms with E-state index in [1.807, 2.05) is 0 Å². The van der Waals surface area contributed by atoms with E-state index in [1.54, 1.807) is 0 Å². The van der Waals surface area contributed by atoms with Crippen molar-refractivity contribution in [2.75, 3.05) is 26.3 Å². The van der Waals surface area contributed by atoms with E-state index in [1.165, 1.54) is 22.3 Å². The fraction of sp³-hybridized carbons (Fsp3) is 0.400. The summed E-state index contributed by atoms with van der Waals surface area (Å²) in [7, 11) is 0. The van der Waals surface area contributed by atoms with Gasteiger partial charge in [0.05, 0.1) is 19.3 Å². The molecule has 0 spiro atoms. The Hall–Kier alpha value is -1.39. The van der Waals surface area contributed by atoms with Crippen molar-refractivity contribution in [1.82, 2.24) is 10.2 Å². The highest BCUT2D eigenvalue weighted by Crippen LogP contribution is 2.31. The van der Waals surface area contributed by atoms with Gasteiger partial charge in [-0.25, -0.2) is 0 Å². The smallest absolute Gasteiger partial charge is 0.0662 e. The number of morpholine rings is 1. The lowest BCUT2D eigenvalue weighted by atomic mass is 9.91. The summed E-state index contributed by atoms with van der Waals surface area (Å²) in [6.07, 6.45) is 1.06. The van der Waals surface area contributed by atoms with Gasteiger partial charge in [0.15, 0.2) is 0 Å². The molecular formula is C20H23ClN2O. The minimum atomic E-state index is 0.253. The van der Waals surface area contributed by atoms with Crippen LogP contribution in [0.25, 0.3) is 0 Å². The molecule has 126 valence electrons. The third kappa shape index (κ3) is 3.50. The predicted octanol–water partition coefficient (Wildman–Crippen LogP) is 3.56. The quantitative estimate of drug-likeness (QED) is 0.923. The summed E-state index contributed by atoms with van der Waals surface area (Å²) in [4.78, 5) is 2.53. The summed E-state index contributed by atoms with van der Waals surface area (Å²) in [6, 6.07) is 15.2. The molecule has 0 saturated carbocycles. The SMILES string of the molecule is Clc1cc2c(c([C@@H]3COCCN3)c1)CN(Cc1ccccc1)CC2. The molecule has 0 bridgehead atoms. The van der Waals surface area contributed by atoms with Crippen molar-refractivity contribution in [3.63, 3.8) is 0 Å². The van der Waals surface area contributed by atoms with Crippen LogP contribution in [0.5, 0.6) is 0 Å². The zero-order valence-electron chi connectivity index (χ0n) is 13.8. The lowest BCUT2D eigenvalue weighted by molar-refractivity contribution is 0.0761. The molecule has 1 saturated heterocycles. The van der Waals surface area contributed by atoms with Crippen molar-refractivity contribution in [3.8, 4) is 0 Å². The average molecular weight is 343 g/mol. The van der Waals surface area contributed by atoms with Crippen molar-refractivity contribution in [1.29, 1.82) is 0 Å². The molecule has 1 N–H and O–H groups in total. The van der Waals surface area contributed by atoms with E-state index < -0.39 is 0 Å². The predicted molar refractivity (Wildman–Crippen MR) is 97.3 cm³/mol. The number of hydrogen-bond donors (Lipinski definition) is 1. The fourth-order valence-corrected chi connectivity index (χ4v) is 4.02. The van der Waals surface area contributed by atoms with Gasteiger partial charge in [0.1, 0.15) is 0 Å². The topological polar surface area (TPSA) is 24.5 Å². The first-order valence-electron chi connectivity index (χ1n) is 8.68. The van der Waals surface area contributed by atoms with Crippen molar-refractivity contribution in [2.45, 2.75) is 25.6 Å². The van der Waals surface area contributed by atoms with Gasteiger partial charge in [0.25, 0.3) is 0 Å². The monoisotopic (exact) mass is 342 g/mol. The molecule has 2 heterocycles. The van der Waals surface area contributed by atoms with E-state index in [9.17, 15) is 0 Å². The van der Waals surface area contributed by atoms with Crippen LogP contribution in [0.4, 0.5) is 0 Å². The highest BCUT2D eigenvalue weighted by atomic mass is 35.5. The Morgan fingerprint density at radius 2 is 2.08 bits per heavy atom. The van der Waals surface area contributed by atoms with Crippen LogP contribution in [0.15, 0.2) is 42.5 Å². The largest absolute Gasteiger partial charge is 0.378 e. The molecular weight excluding hydrogens is 320 g/mol. The number of benzene rings is 2. The standard InChI is InChI=1S/C20H23ClN2O/c21-17-10-16-6-8-23(12-15-4-2-1-3-5-15)13-19(16)18(11-17)20-14-24-9-7-22-20/h1-5,10-11,20,22H,6-9,12-14H2/t20-/m0/s1. The summed E-state index contributed by atoms with van der Waals surface area (Å²) in [5.41, 5.74) is 5.52. The molecule has 1 atom stereocenters. The van der Waals surface area contributed by atoms with Gasteiger partial charge in [-0.05, 0) is 40.8 Å². The maximum absolute atomic E-state index is 6.38. The van der Waals surface area contributed by atoms with Gasteiger partial charge in [-0.3, -0.25) is 4.90 Å². The van der Waals surface area contributed by atoms with Crippen LogP contribution < -0.4 is 5.32 Å². The molecule has 3 nitrogen and oxygen atoms in total. The molecule has 0 unspecified atom stereocenters. The van der Waals surface area contributed by atoms with Gasteiger partial charge in [-0.15, -0.1) is 0 Å². The molecule has 2 aliphatic rings. The van der Waals surface area contributed by atoms with Crippen molar-refractivity contribution >= 4 is 11.6 Å². The van der Waals surface area contributed by atoms with Crippen LogP contribution in [0.2, 0.25) is 5.02 Å². The second kappa shape index (κ2) is 7.24. The van der Waals surface area contributed by atoms with Gasteiger partial charge >= 0.3 is 0 Å². The van der Waals surface area contributed by atoms with Crippen LogP contribution in [0.3, 0.4) is 0 Å². The lowest BCUT2D eigenvalue weighted by Gasteiger charge is -2.33. The number of fused-ring (bicyclic) bond motifs is 1. The molecule has 4 heteroatoms. The van der Waals surface area contributed by atoms with E-state index in [4.69, 9.17) is 16.3 Å². The first-order valence-corrected chi connectivity index (χ1v) is 9.06. The third-order valence-electron chi connectivity index (χ3n) is 4.97. The first-order chi connectivity index (χ1) is 11.8. The number of ether oxygens (including phenoxy) is 1. The van der Waals surface area contributed by atoms with Crippen LogP contribution in [0, 0.1) is 0 Å². The molecule has 4 rings (SSSR count). The van der Waals surface area contributed by atoms with Crippen LogP contribution in [-0.4, -0.2) is 31.2 Å². The van der Waals surface area contributed by atoms with E-state index >= 15 is 0 Å². The molecule has 1 fully saturated rings. The number of nitrogens with one attached hydrogen (secondary N) is 1. The maximum atomic E-state index is 6.38.